The summed E-state index contributed by atoms with van der Waals surface area (Å²) in [5.74, 6) is -1.64. The van der Waals surface area contributed by atoms with Gasteiger partial charge in [-0.05, 0) is 37.0 Å². The Morgan fingerprint density at radius 3 is 2.57 bits per heavy atom. The van der Waals surface area contributed by atoms with Gasteiger partial charge in [0, 0.05) is 32.7 Å². The fraction of sp³-hybridized carbons (Fsp3) is 0.667. The van der Waals surface area contributed by atoms with E-state index in [0.717, 1.165) is 44.0 Å². The Kier molecular flexibility index (Phi) is 5.83. The van der Waals surface area contributed by atoms with Gasteiger partial charge in [-0.1, -0.05) is 25.3 Å². The number of benzene rings is 1. The Morgan fingerprint density at radius 2 is 1.86 bits per heavy atom. The van der Waals surface area contributed by atoms with Crippen LogP contribution < -0.4 is 5.32 Å². The van der Waals surface area contributed by atoms with Gasteiger partial charge in [-0.25, -0.2) is 13.6 Å². The summed E-state index contributed by atoms with van der Waals surface area (Å²) in [5, 5.41) is 3.15. The smallest absolute Gasteiger partial charge is 0.317 e. The van der Waals surface area contributed by atoms with Gasteiger partial charge in [0.2, 0.25) is 0 Å². The molecule has 7 heteroatoms. The Hall–Kier alpha value is -1.73. The molecule has 0 radical (unpaired) electrons. The SMILES string of the molecule is O=C(N[C@@H]1COC2(CCCCC2)C1)N1CCN(Cc2ccc(F)c(F)c2)CC1. The van der Waals surface area contributed by atoms with E-state index in [1.54, 1.807) is 6.07 Å². The summed E-state index contributed by atoms with van der Waals surface area (Å²) in [6.07, 6.45) is 6.89. The van der Waals surface area contributed by atoms with E-state index in [2.05, 4.69) is 10.2 Å². The summed E-state index contributed by atoms with van der Waals surface area (Å²) in [6.45, 7) is 3.88. The second kappa shape index (κ2) is 8.33. The number of hydrogen-bond donors (Lipinski definition) is 1. The van der Waals surface area contributed by atoms with Gasteiger partial charge >= 0.3 is 6.03 Å². The van der Waals surface area contributed by atoms with Crippen LogP contribution in [0.2, 0.25) is 0 Å². The number of rotatable bonds is 3. The third kappa shape index (κ3) is 4.46. The molecule has 0 unspecified atom stereocenters. The molecule has 4 rings (SSSR count). The highest BCUT2D eigenvalue weighted by Crippen LogP contribution is 2.39. The Bertz CT molecular complexity index is 701. The van der Waals surface area contributed by atoms with Gasteiger partial charge in [0.15, 0.2) is 11.6 Å². The highest BCUT2D eigenvalue weighted by atomic mass is 19.2. The zero-order chi connectivity index (χ0) is 19.6. The quantitative estimate of drug-likeness (QED) is 0.857. The normalized spacial score (nSPS) is 25.2. The number of ether oxygens (including phenoxy) is 1. The first-order chi connectivity index (χ1) is 13.5. The summed E-state index contributed by atoms with van der Waals surface area (Å²) >= 11 is 0. The van der Waals surface area contributed by atoms with Crippen molar-refractivity contribution < 1.29 is 18.3 Å². The van der Waals surface area contributed by atoms with Crippen LogP contribution in [-0.4, -0.2) is 60.3 Å². The fourth-order valence-corrected chi connectivity index (χ4v) is 4.75. The summed E-state index contributed by atoms with van der Waals surface area (Å²) in [5.41, 5.74) is 0.747. The molecule has 2 aliphatic heterocycles. The standard InChI is InChI=1S/C21H29F2N3O2/c22-18-5-4-16(12-19(18)23)14-25-8-10-26(11-9-25)20(27)24-17-13-21(28-15-17)6-2-1-3-7-21/h4-5,12,17H,1-3,6-11,13-15H2,(H,24,27)/t17-/m0/s1. The second-order valence-electron chi connectivity index (χ2n) is 8.42. The van der Waals surface area contributed by atoms with E-state index in [-0.39, 0.29) is 17.7 Å². The first-order valence-corrected chi connectivity index (χ1v) is 10.4. The summed E-state index contributed by atoms with van der Waals surface area (Å²) < 4.78 is 32.5. The van der Waals surface area contributed by atoms with Crippen molar-refractivity contribution in [3.63, 3.8) is 0 Å². The molecule has 1 aromatic carbocycles. The first kappa shape index (κ1) is 19.6. The van der Waals surface area contributed by atoms with Crippen LogP contribution in [0.15, 0.2) is 18.2 Å². The van der Waals surface area contributed by atoms with Gasteiger partial charge in [-0.2, -0.15) is 0 Å². The van der Waals surface area contributed by atoms with Crippen LogP contribution in [0.3, 0.4) is 0 Å². The van der Waals surface area contributed by atoms with Crippen LogP contribution >= 0.6 is 0 Å². The van der Waals surface area contributed by atoms with Crippen LogP contribution in [0.4, 0.5) is 13.6 Å². The van der Waals surface area contributed by atoms with Crippen LogP contribution in [0.5, 0.6) is 0 Å². The van der Waals surface area contributed by atoms with Crippen molar-refractivity contribution >= 4 is 6.03 Å². The lowest BCUT2D eigenvalue weighted by Gasteiger charge is -2.35. The molecule has 5 nitrogen and oxygen atoms in total. The van der Waals surface area contributed by atoms with Crippen LogP contribution in [0.25, 0.3) is 0 Å². The number of hydrogen-bond acceptors (Lipinski definition) is 3. The molecule has 1 aliphatic carbocycles. The molecular formula is C21H29F2N3O2. The highest BCUT2D eigenvalue weighted by molar-refractivity contribution is 5.74. The van der Waals surface area contributed by atoms with E-state index in [1.165, 1.54) is 25.3 Å². The van der Waals surface area contributed by atoms with Crippen molar-refractivity contribution in [3.05, 3.63) is 35.4 Å². The van der Waals surface area contributed by atoms with Crippen LogP contribution in [0, 0.1) is 11.6 Å². The third-order valence-electron chi connectivity index (χ3n) is 6.35. The molecule has 1 atom stereocenters. The highest BCUT2D eigenvalue weighted by Gasteiger charge is 2.41. The maximum absolute atomic E-state index is 13.4. The van der Waals surface area contributed by atoms with Gasteiger partial charge in [-0.15, -0.1) is 0 Å². The minimum absolute atomic E-state index is 0.000669. The topological polar surface area (TPSA) is 44.8 Å². The zero-order valence-corrected chi connectivity index (χ0v) is 16.3. The molecule has 0 bridgehead atoms. The first-order valence-electron chi connectivity index (χ1n) is 10.4. The number of urea groups is 1. The van der Waals surface area contributed by atoms with Crippen molar-refractivity contribution in [2.75, 3.05) is 32.8 Å². The predicted molar refractivity (Wildman–Crippen MR) is 102 cm³/mol. The molecule has 3 fully saturated rings. The summed E-state index contributed by atoms with van der Waals surface area (Å²) in [7, 11) is 0. The molecule has 1 spiro atoms. The van der Waals surface area contributed by atoms with E-state index >= 15 is 0 Å². The van der Waals surface area contributed by atoms with Gasteiger partial charge in [0.25, 0.3) is 0 Å². The predicted octanol–water partition coefficient (Wildman–Crippen LogP) is 3.28. The molecule has 0 aromatic heterocycles. The average Bonchev–Trinajstić information content (AvgIpc) is 3.07. The molecule has 1 aromatic rings. The molecule has 28 heavy (non-hydrogen) atoms. The number of halogens is 2. The van der Waals surface area contributed by atoms with Crippen molar-refractivity contribution in [2.45, 2.75) is 56.7 Å². The maximum Gasteiger partial charge on any atom is 0.317 e. The van der Waals surface area contributed by atoms with E-state index < -0.39 is 11.6 Å². The number of carbonyl (C=O) groups is 1. The van der Waals surface area contributed by atoms with E-state index in [4.69, 9.17) is 4.74 Å². The molecule has 2 amide bonds. The van der Waals surface area contributed by atoms with E-state index in [1.807, 2.05) is 4.90 Å². The number of nitrogens with one attached hydrogen (secondary N) is 1. The molecule has 3 aliphatic rings. The summed E-state index contributed by atoms with van der Waals surface area (Å²) in [6, 6.07) is 4.10. The van der Waals surface area contributed by atoms with Gasteiger partial charge in [-0.3, -0.25) is 4.90 Å². The fourth-order valence-electron chi connectivity index (χ4n) is 4.75. The second-order valence-corrected chi connectivity index (χ2v) is 8.42. The molecule has 2 saturated heterocycles. The number of nitrogens with zero attached hydrogens (tertiary/aromatic N) is 2. The Labute approximate surface area is 165 Å². The Balaban J connectivity index is 1.22. The lowest BCUT2D eigenvalue weighted by molar-refractivity contribution is -0.0246. The molecule has 1 saturated carbocycles. The van der Waals surface area contributed by atoms with Crippen molar-refractivity contribution in [1.82, 2.24) is 15.1 Å². The molecular weight excluding hydrogens is 364 g/mol. The molecule has 1 N–H and O–H groups in total. The number of amides is 2. The van der Waals surface area contributed by atoms with Crippen molar-refractivity contribution in [2.24, 2.45) is 0 Å². The van der Waals surface area contributed by atoms with Crippen LogP contribution in [0.1, 0.15) is 44.1 Å². The van der Waals surface area contributed by atoms with Crippen molar-refractivity contribution in [1.29, 1.82) is 0 Å². The average molecular weight is 393 g/mol. The van der Waals surface area contributed by atoms with Gasteiger partial charge in [0.1, 0.15) is 0 Å². The Morgan fingerprint density at radius 1 is 1.11 bits per heavy atom. The maximum atomic E-state index is 13.4. The minimum atomic E-state index is -0.823. The number of piperazine rings is 1. The van der Waals surface area contributed by atoms with E-state index in [0.29, 0.717) is 26.2 Å². The minimum Gasteiger partial charge on any atom is -0.373 e. The monoisotopic (exact) mass is 393 g/mol. The van der Waals surface area contributed by atoms with Gasteiger partial charge < -0.3 is 15.0 Å². The third-order valence-corrected chi connectivity index (χ3v) is 6.35. The largest absolute Gasteiger partial charge is 0.373 e. The van der Waals surface area contributed by atoms with Crippen LogP contribution in [-0.2, 0) is 11.3 Å². The lowest BCUT2D eigenvalue weighted by atomic mass is 9.82. The van der Waals surface area contributed by atoms with Crippen molar-refractivity contribution in [3.8, 4) is 0 Å². The van der Waals surface area contributed by atoms with Gasteiger partial charge in [0.05, 0.1) is 18.2 Å². The lowest BCUT2D eigenvalue weighted by Crippen LogP contribution is -2.53. The zero-order valence-electron chi connectivity index (χ0n) is 16.3. The number of carbonyl (C=O) groups excluding carboxylic acids is 1. The molecule has 2 heterocycles. The van der Waals surface area contributed by atoms with E-state index in [9.17, 15) is 13.6 Å². The summed E-state index contributed by atoms with van der Waals surface area (Å²) in [4.78, 5) is 16.6. The molecule has 154 valence electrons.